The Labute approximate surface area is 74.1 Å². The second-order valence-corrected chi connectivity index (χ2v) is 3.38. The van der Waals surface area contributed by atoms with Crippen LogP contribution in [0.2, 0.25) is 0 Å². The summed E-state index contributed by atoms with van der Waals surface area (Å²) in [5, 5.41) is 11.4. The topological polar surface area (TPSA) is 41.5 Å². The van der Waals surface area contributed by atoms with Crippen molar-refractivity contribution in [3.05, 3.63) is 0 Å². The molecule has 0 saturated carbocycles. The third-order valence-electron chi connectivity index (χ3n) is 2.20. The number of nitrogens with one attached hydrogen (secondary N) is 1. The van der Waals surface area contributed by atoms with Gasteiger partial charge in [-0.1, -0.05) is 0 Å². The SMILES string of the molecule is C1CCOCC1.OCC1CNC1. The molecule has 0 bridgehead atoms. The fraction of sp³-hybridized carbons (Fsp3) is 1.00. The highest BCUT2D eigenvalue weighted by Gasteiger charge is 2.13. The molecular formula is C9H19NO2. The average Bonchev–Trinajstić information content (AvgIpc) is 2.07. The molecule has 2 aliphatic rings. The van der Waals surface area contributed by atoms with Crippen molar-refractivity contribution in [2.45, 2.75) is 19.3 Å². The fourth-order valence-corrected chi connectivity index (χ4v) is 1.16. The van der Waals surface area contributed by atoms with E-state index in [0.717, 1.165) is 26.3 Å². The van der Waals surface area contributed by atoms with E-state index in [1.54, 1.807) is 0 Å². The second-order valence-electron chi connectivity index (χ2n) is 3.38. The minimum atomic E-state index is 0.354. The Hall–Kier alpha value is -0.120. The van der Waals surface area contributed by atoms with Crippen LogP contribution >= 0.6 is 0 Å². The molecule has 0 aromatic heterocycles. The number of hydrogen-bond donors (Lipinski definition) is 2. The van der Waals surface area contributed by atoms with E-state index in [1.807, 2.05) is 0 Å². The number of aliphatic hydroxyl groups excluding tert-OH is 1. The zero-order chi connectivity index (χ0) is 8.65. The maximum absolute atomic E-state index is 8.35. The maximum atomic E-state index is 8.35. The summed E-state index contributed by atoms with van der Waals surface area (Å²) < 4.78 is 5.07. The molecule has 12 heavy (non-hydrogen) atoms. The van der Waals surface area contributed by atoms with Crippen LogP contribution in [0, 0.1) is 5.92 Å². The molecule has 0 radical (unpaired) electrons. The van der Waals surface area contributed by atoms with Gasteiger partial charge >= 0.3 is 0 Å². The molecule has 72 valence electrons. The predicted molar refractivity (Wildman–Crippen MR) is 48.1 cm³/mol. The van der Waals surface area contributed by atoms with Gasteiger partial charge in [0.1, 0.15) is 0 Å². The molecule has 0 spiro atoms. The lowest BCUT2D eigenvalue weighted by Gasteiger charge is -2.24. The highest BCUT2D eigenvalue weighted by molar-refractivity contribution is 4.72. The van der Waals surface area contributed by atoms with Gasteiger partial charge in [0.2, 0.25) is 0 Å². The third kappa shape index (κ3) is 4.04. The van der Waals surface area contributed by atoms with Crippen molar-refractivity contribution in [3.63, 3.8) is 0 Å². The van der Waals surface area contributed by atoms with Crippen molar-refractivity contribution in [3.8, 4) is 0 Å². The van der Waals surface area contributed by atoms with Crippen LogP contribution in [-0.4, -0.2) is 38.0 Å². The molecule has 2 heterocycles. The predicted octanol–water partition coefficient (Wildman–Crippen LogP) is 0.385. The zero-order valence-electron chi connectivity index (χ0n) is 7.59. The van der Waals surface area contributed by atoms with E-state index in [0.29, 0.717) is 12.5 Å². The summed E-state index contributed by atoms with van der Waals surface area (Å²) >= 11 is 0. The molecule has 2 aliphatic heterocycles. The lowest BCUT2D eigenvalue weighted by atomic mass is 10.1. The van der Waals surface area contributed by atoms with Gasteiger partial charge in [0.25, 0.3) is 0 Å². The molecule has 2 saturated heterocycles. The Morgan fingerprint density at radius 3 is 1.92 bits per heavy atom. The van der Waals surface area contributed by atoms with Crippen LogP contribution in [-0.2, 0) is 4.74 Å². The first kappa shape index (κ1) is 9.96. The van der Waals surface area contributed by atoms with E-state index < -0.39 is 0 Å². The normalized spacial score (nSPS) is 23.8. The van der Waals surface area contributed by atoms with E-state index >= 15 is 0 Å². The van der Waals surface area contributed by atoms with Crippen molar-refractivity contribution in [2.75, 3.05) is 32.9 Å². The second kappa shape index (κ2) is 6.40. The van der Waals surface area contributed by atoms with Crippen molar-refractivity contribution in [1.29, 1.82) is 0 Å². The zero-order valence-corrected chi connectivity index (χ0v) is 7.59. The highest BCUT2D eigenvalue weighted by Crippen LogP contribution is 2.02. The molecule has 2 rings (SSSR count). The number of hydrogen-bond acceptors (Lipinski definition) is 3. The molecule has 0 aromatic carbocycles. The number of aliphatic hydroxyl groups is 1. The quantitative estimate of drug-likeness (QED) is 0.602. The minimum absolute atomic E-state index is 0.354. The first-order valence-corrected chi connectivity index (χ1v) is 4.83. The fourth-order valence-electron chi connectivity index (χ4n) is 1.16. The molecule has 0 amide bonds. The van der Waals surface area contributed by atoms with E-state index in [9.17, 15) is 0 Å². The van der Waals surface area contributed by atoms with E-state index in [2.05, 4.69) is 5.32 Å². The molecule has 0 unspecified atom stereocenters. The first-order valence-electron chi connectivity index (χ1n) is 4.83. The molecule has 0 aliphatic carbocycles. The summed E-state index contributed by atoms with van der Waals surface area (Å²) in [5.74, 6) is 0.560. The van der Waals surface area contributed by atoms with Crippen molar-refractivity contribution >= 4 is 0 Å². The lowest BCUT2D eigenvalue weighted by molar-refractivity contribution is 0.0968. The largest absolute Gasteiger partial charge is 0.396 e. The van der Waals surface area contributed by atoms with Crippen molar-refractivity contribution in [1.82, 2.24) is 5.32 Å². The molecular weight excluding hydrogens is 154 g/mol. The van der Waals surface area contributed by atoms with Gasteiger partial charge in [-0.15, -0.1) is 0 Å². The average molecular weight is 173 g/mol. The third-order valence-corrected chi connectivity index (χ3v) is 2.20. The Morgan fingerprint density at radius 1 is 1.17 bits per heavy atom. The van der Waals surface area contributed by atoms with Crippen LogP contribution in [0.15, 0.2) is 0 Å². The number of ether oxygens (including phenoxy) is 1. The van der Waals surface area contributed by atoms with E-state index in [1.165, 1.54) is 19.3 Å². The van der Waals surface area contributed by atoms with Gasteiger partial charge in [0.05, 0.1) is 0 Å². The van der Waals surface area contributed by atoms with Crippen molar-refractivity contribution < 1.29 is 9.84 Å². The van der Waals surface area contributed by atoms with Gasteiger partial charge in [-0.25, -0.2) is 0 Å². The number of rotatable bonds is 1. The Bertz CT molecular complexity index is 86.4. The Kier molecular flexibility index (Phi) is 5.32. The molecule has 2 N–H and O–H groups in total. The summed E-state index contributed by atoms with van der Waals surface area (Å²) in [5.41, 5.74) is 0. The Morgan fingerprint density at radius 2 is 1.83 bits per heavy atom. The van der Waals surface area contributed by atoms with Gasteiger partial charge < -0.3 is 15.2 Å². The molecule has 2 fully saturated rings. The lowest BCUT2D eigenvalue weighted by Crippen LogP contribution is -2.43. The van der Waals surface area contributed by atoms with Crippen LogP contribution in [0.4, 0.5) is 0 Å². The van der Waals surface area contributed by atoms with Gasteiger partial charge in [0.15, 0.2) is 0 Å². The smallest absolute Gasteiger partial charge is 0.0483 e. The highest BCUT2D eigenvalue weighted by atomic mass is 16.5. The summed E-state index contributed by atoms with van der Waals surface area (Å²) in [6.07, 6.45) is 3.93. The van der Waals surface area contributed by atoms with Gasteiger partial charge in [-0.2, -0.15) is 0 Å². The van der Waals surface area contributed by atoms with E-state index in [4.69, 9.17) is 9.84 Å². The van der Waals surface area contributed by atoms with Crippen LogP contribution < -0.4 is 5.32 Å². The first-order chi connectivity index (χ1) is 5.93. The molecule has 3 heteroatoms. The van der Waals surface area contributed by atoms with Crippen LogP contribution in [0.3, 0.4) is 0 Å². The van der Waals surface area contributed by atoms with Crippen LogP contribution in [0.1, 0.15) is 19.3 Å². The van der Waals surface area contributed by atoms with Crippen molar-refractivity contribution in [2.24, 2.45) is 5.92 Å². The van der Waals surface area contributed by atoms with Gasteiger partial charge in [0, 0.05) is 38.8 Å². The van der Waals surface area contributed by atoms with Crippen LogP contribution in [0.5, 0.6) is 0 Å². The standard InChI is InChI=1S/C5H10O.C4H9NO/c1-2-4-6-5-3-1;6-3-4-1-5-2-4/h1-5H2;4-6H,1-3H2. The van der Waals surface area contributed by atoms with Gasteiger partial charge in [-0.3, -0.25) is 0 Å². The maximum Gasteiger partial charge on any atom is 0.0483 e. The van der Waals surface area contributed by atoms with E-state index in [-0.39, 0.29) is 0 Å². The summed E-state index contributed by atoms with van der Waals surface area (Å²) in [6, 6.07) is 0. The van der Waals surface area contributed by atoms with Crippen LogP contribution in [0.25, 0.3) is 0 Å². The Balaban J connectivity index is 0.000000120. The minimum Gasteiger partial charge on any atom is -0.396 e. The monoisotopic (exact) mass is 173 g/mol. The molecule has 0 atom stereocenters. The molecule has 3 nitrogen and oxygen atoms in total. The van der Waals surface area contributed by atoms with Gasteiger partial charge in [-0.05, 0) is 19.3 Å². The summed E-state index contributed by atoms with van der Waals surface area (Å²) in [6.45, 7) is 4.38. The summed E-state index contributed by atoms with van der Waals surface area (Å²) in [4.78, 5) is 0. The molecule has 0 aromatic rings. The summed E-state index contributed by atoms with van der Waals surface area (Å²) in [7, 11) is 0.